The molecule has 32 heavy (non-hydrogen) atoms. The van der Waals surface area contributed by atoms with E-state index in [1.165, 1.54) is 11.3 Å². The summed E-state index contributed by atoms with van der Waals surface area (Å²) in [6.45, 7) is 3.79. The number of ether oxygens (including phenoxy) is 2. The normalized spacial score (nSPS) is 15.9. The molecule has 0 bridgehead atoms. The van der Waals surface area contributed by atoms with Crippen LogP contribution in [0.15, 0.2) is 69.6 Å². The number of thiazole rings is 1. The first-order valence-corrected chi connectivity index (χ1v) is 11.9. The zero-order chi connectivity index (χ0) is 22.8. The predicted molar refractivity (Wildman–Crippen MR) is 133 cm³/mol. The van der Waals surface area contributed by atoms with Crippen molar-refractivity contribution >= 4 is 46.0 Å². The van der Waals surface area contributed by atoms with Gasteiger partial charge in [0.2, 0.25) is 0 Å². The number of carbonyl (C=O) groups excluding carboxylic acids is 1. The van der Waals surface area contributed by atoms with Gasteiger partial charge in [0.15, 0.2) is 4.80 Å². The molecule has 0 aliphatic carbocycles. The number of esters is 1. The second kappa shape index (κ2) is 9.41. The molecule has 1 aliphatic heterocycles. The topological polar surface area (TPSA) is 69.9 Å². The van der Waals surface area contributed by atoms with E-state index in [1.807, 2.05) is 54.6 Å². The molecule has 0 amide bonds. The second-order valence-corrected chi connectivity index (χ2v) is 9.28. The van der Waals surface area contributed by atoms with Gasteiger partial charge in [0.25, 0.3) is 5.56 Å². The van der Waals surface area contributed by atoms with Gasteiger partial charge in [-0.05, 0) is 65.8 Å². The number of nitrogens with zero attached hydrogens (tertiary/aromatic N) is 2. The van der Waals surface area contributed by atoms with E-state index in [-0.39, 0.29) is 12.2 Å². The molecule has 8 heteroatoms. The van der Waals surface area contributed by atoms with E-state index in [9.17, 15) is 9.59 Å². The number of fused-ring (bicyclic) bond motifs is 1. The molecular formula is C24H21IN2O4S. The molecule has 0 radical (unpaired) electrons. The fourth-order valence-electron chi connectivity index (χ4n) is 3.67. The maximum absolute atomic E-state index is 13.5. The third kappa shape index (κ3) is 4.16. The average molecular weight is 560 g/mol. The van der Waals surface area contributed by atoms with Crippen molar-refractivity contribution in [2.75, 3.05) is 13.7 Å². The number of halogens is 1. The Bertz CT molecular complexity index is 1390. The van der Waals surface area contributed by atoms with Gasteiger partial charge in [-0.1, -0.05) is 47.7 Å². The summed E-state index contributed by atoms with van der Waals surface area (Å²) in [6, 6.07) is 14.6. The zero-order valence-corrected chi connectivity index (χ0v) is 20.8. The Morgan fingerprint density at radius 1 is 1.25 bits per heavy atom. The van der Waals surface area contributed by atoms with Crippen molar-refractivity contribution in [1.29, 1.82) is 0 Å². The van der Waals surface area contributed by atoms with Gasteiger partial charge in [0.1, 0.15) is 5.75 Å². The van der Waals surface area contributed by atoms with Crippen LogP contribution < -0.4 is 19.6 Å². The number of benzene rings is 2. The molecule has 3 aromatic rings. The molecule has 2 heterocycles. The minimum atomic E-state index is -0.593. The van der Waals surface area contributed by atoms with Crippen molar-refractivity contribution in [2.45, 2.75) is 19.9 Å². The number of aromatic nitrogens is 1. The summed E-state index contributed by atoms with van der Waals surface area (Å²) < 4.78 is 13.7. The molecule has 1 aromatic heterocycles. The molecule has 164 valence electrons. The lowest BCUT2D eigenvalue weighted by Gasteiger charge is -2.24. The Hall–Kier alpha value is -2.72. The van der Waals surface area contributed by atoms with Gasteiger partial charge in [-0.2, -0.15) is 0 Å². The molecule has 0 spiro atoms. The Morgan fingerprint density at radius 3 is 2.66 bits per heavy atom. The first-order chi connectivity index (χ1) is 15.4. The third-order valence-corrected chi connectivity index (χ3v) is 6.93. The van der Waals surface area contributed by atoms with Crippen molar-refractivity contribution in [3.63, 3.8) is 0 Å². The molecule has 2 aromatic carbocycles. The van der Waals surface area contributed by atoms with Crippen LogP contribution in [0.3, 0.4) is 0 Å². The first kappa shape index (κ1) is 22.5. The summed E-state index contributed by atoms with van der Waals surface area (Å²) in [6.07, 6.45) is 1.84. The maximum atomic E-state index is 13.5. The smallest absolute Gasteiger partial charge is 0.338 e. The molecule has 0 fully saturated rings. The zero-order valence-electron chi connectivity index (χ0n) is 17.8. The standard InChI is InChI=1S/C24H21IN2O4S/c1-4-31-23(29)20-14(2)26-24-27(21(20)16-8-6-5-7-9-16)22(28)19(32-24)13-15-10-11-18(30-3)17(25)12-15/h5-13,21H,4H2,1-3H3/b19-13+/t21-/m1/s1. The molecule has 0 unspecified atom stereocenters. The van der Waals surface area contributed by atoms with Crippen molar-refractivity contribution in [3.8, 4) is 5.75 Å². The summed E-state index contributed by atoms with van der Waals surface area (Å²) in [5.74, 6) is 0.324. The highest BCUT2D eigenvalue weighted by atomic mass is 127. The summed E-state index contributed by atoms with van der Waals surface area (Å²) in [5.41, 5.74) is 2.47. The SMILES string of the molecule is CCOC(=O)C1=C(C)N=c2s/c(=C/c3ccc(OC)c(I)c3)c(=O)n2[C@@H]1c1ccccc1. The lowest BCUT2D eigenvalue weighted by Crippen LogP contribution is -2.39. The highest BCUT2D eigenvalue weighted by Crippen LogP contribution is 2.30. The van der Waals surface area contributed by atoms with E-state index < -0.39 is 12.0 Å². The van der Waals surface area contributed by atoms with Crippen LogP contribution in [0.25, 0.3) is 6.08 Å². The molecular weight excluding hydrogens is 539 g/mol. The number of methoxy groups -OCH3 is 1. The summed E-state index contributed by atoms with van der Waals surface area (Å²) in [7, 11) is 1.63. The Balaban J connectivity index is 1.92. The largest absolute Gasteiger partial charge is 0.496 e. The van der Waals surface area contributed by atoms with Gasteiger partial charge in [-0.25, -0.2) is 9.79 Å². The van der Waals surface area contributed by atoms with Crippen LogP contribution in [0.5, 0.6) is 5.75 Å². The fourth-order valence-corrected chi connectivity index (χ4v) is 5.47. The molecule has 0 saturated carbocycles. The molecule has 1 atom stereocenters. The lowest BCUT2D eigenvalue weighted by atomic mass is 9.96. The minimum absolute atomic E-state index is 0.192. The second-order valence-electron chi connectivity index (χ2n) is 7.11. The minimum Gasteiger partial charge on any atom is -0.496 e. The highest BCUT2D eigenvalue weighted by Gasteiger charge is 2.33. The van der Waals surface area contributed by atoms with Gasteiger partial charge >= 0.3 is 5.97 Å². The first-order valence-electron chi connectivity index (χ1n) is 10.0. The number of hydrogen-bond acceptors (Lipinski definition) is 6. The lowest BCUT2D eigenvalue weighted by molar-refractivity contribution is -0.139. The van der Waals surface area contributed by atoms with E-state index in [0.717, 1.165) is 20.4 Å². The van der Waals surface area contributed by atoms with Gasteiger partial charge in [0.05, 0.1) is 39.1 Å². The predicted octanol–water partition coefficient (Wildman–Crippen LogP) is 3.41. The molecule has 0 saturated heterocycles. The molecule has 4 rings (SSSR count). The molecule has 6 nitrogen and oxygen atoms in total. The Kier molecular flexibility index (Phi) is 6.61. The molecule has 1 aliphatic rings. The summed E-state index contributed by atoms with van der Waals surface area (Å²) in [5, 5.41) is 0. The van der Waals surface area contributed by atoms with E-state index in [1.54, 1.807) is 25.5 Å². The average Bonchev–Trinajstić information content (AvgIpc) is 3.08. The Morgan fingerprint density at radius 2 is 2.00 bits per heavy atom. The van der Waals surface area contributed by atoms with E-state index in [2.05, 4.69) is 27.6 Å². The van der Waals surface area contributed by atoms with Gasteiger partial charge in [-0.15, -0.1) is 0 Å². The van der Waals surface area contributed by atoms with Crippen LogP contribution in [-0.4, -0.2) is 24.3 Å². The monoisotopic (exact) mass is 560 g/mol. The van der Waals surface area contributed by atoms with E-state index in [4.69, 9.17) is 9.47 Å². The Labute approximate surface area is 202 Å². The number of rotatable bonds is 5. The van der Waals surface area contributed by atoms with Gasteiger partial charge in [0, 0.05) is 0 Å². The van der Waals surface area contributed by atoms with Crippen molar-refractivity contribution in [1.82, 2.24) is 4.57 Å². The number of carbonyl (C=O) groups is 1. The van der Waals surface area contributed by atoms with Crippen LogP contribution in [0.4, 0.5) is 0 Å². The number of allylic oxidation sites excluding steroid dienone is 1. The highest BCUT2D eigenvalue weighted by molar-refractivity contribution is 14.1. The van der Waals surface area contributed by atoms with Crippen LogP contribution in [0.1, 0.15) is 31.0 Å². The fraction of sp³-hybridized carbons (Fsp3) is 0.208. The van der Waals surface area contributed by atoms with Crippen molar-refractivity contribution < 1.29 is 14.3 Å². The van der Waals surface area contributed by atoms with E-state index in [0.29, 0.717) is 20.6 Å². The molecule has 0 N–H and O–H groups in total. The van der Waals surface area contributed by atoms with Crippen LogP contribution in [-0.2, 0) is 9.53 Å². The summed E-state index contributed by atoms with van der Waals surface area (Å²) in [4.78, 5) is 31.5. The quantitative estimate of drug-likeness (QED) is 0.355. The van der Waals surface area contributed by atoms with Gasteiger partial charge < -0.3 is 9.47 Å². The third-order valence-electron chi connectivity index (χ3n) is 5.11. The van der Waals surface area contributed by atoms with Crippen LogP contribution in [0.2, 0.25) is 0 Å². The van der Waals surface area contributed by atoms with Crippen molar-refractivity contribution in [2.24, 2.45) is 4.99 Å². The van der Waals surface area contributed by atoms with Crippen molar-refractivity contribution in [3.05, 3.63) is 94.2 Å². The van der Waals surface area contributed by atoms with E-state index >= 15 is 0 Å². The van der Waals surface area contributed by atoms with Crippen LogP contribution >= 0.6 is 33.9 Å². The maximum Gasteiger partial charge on any atom is 0.338 e. The van der Waals surface area contributed by atoms with Gasteiger partial charge in [-0.3, -0.25) is 9.36 Å². The summed E-state index contributed by atoms with van der Waals surface area (Å²) >= 11 is 3.51. The van der Waals surface area contributed by atoms with Crippen LogP contribution in [0, 0.1) is 3.57 Å². The number of hydrogen-bond donors (Lipinski definition) is 0.